The van der Waals surface area contributed by atoms with E-state index in [4.69, 9.17) is 24.3 Å². The average Bonchev–Trinajstić information content (AvgIpc) is 3.15. The zero-order valence-corrected chi connectivity index (χ0v) is 21.2. The summed E-state index contributed by atoms with van der Waals surface area (Å²) in [6, 6.07) is 11.8. The van der Waals surface area contributed by atoms with Gasteiger partial charge in [-0.15, -0.1) is 0 Å². The maximum absolute atomic E-state index is 13.9. The summed E-state index contributed by atoms with van der Waals surface area (Å²) in [4.78, 5) is 16.1. The summed E-state index contributed by atoms with van der Waals surface area (Å²) in [6.45, 7) is 3.09. The smallest absolute Gasteiger partial charge is 0.459 e. The number of nitrogens with two attached hydrogens (primary N) is 1. The number of ether oxygens (including phenoxy) is 2. The molecule has 5 N–H and O–H groups in total. The van der Waals surface area contributed by atoms with Gasteiger partial charge in [-0.05, 0) is 38.1 Å². The van der Waals surface area contributed by atoms with E-state index < -0.39 is 49.3 Å². The van der Waals surface area contributed by atoms with E-state index >= 15 is 0 Å². The van der Waals surface area contributed by atoms with Crippen LogP contribution in [0.15, 0.2) is 48.8 Å². The number of nitriles is 1. The van der Waals surface area contributed by atoms with Gasteiger partial charge in [-0.3, -0.25) is 9.32 Å². The predicted octanol–water partition coefficient (Wildman–Crippen LogP) is 0.864. The fourth-order valence-corrected chi connectivity index (χ4v) is 6.30. The molecule has 38 heavy (non-hydrogen) atoms. The largest absolute Gasteiger partial charge is 0.465 e. The number of hydrogen-bond acceptors (Lipinski definition) is 12. The number of rotatable bonds is 9. The monoisotopic (exact) mass is 544 g/mol. The summed E-state index contributed by atoms with van der Waals surface area (Å²) in [5, 5.41) is 39.1. The molecule has 3 heterocycles. The van der Waals surface area contributed by atoms with Crippen molar-refractivity contribution in [1.82, 2.24) is 19.7 Å². The van der Waals surface area contributed by atoms with E-state index in [0.717, 1.165) is 0 Å². The van der Waals surface area contributed by atoms with Crippen molar-refractivity contribution in [3.63, 3.8) is 0 Å². The molecule has 7 atom stereocenters. The van der Waals surface area contributed by atoms with Crippen LogP contribution in [0.4, 0.5) is 5.82 Å². The van der Waals surface area contributed by atoms with Gasteiger partial charge in [-0.25, -0.2) is 14.1 Å². The molecule has 0 spiro atoms. The lowest BCUT2D eigenvalue weighted by Crippen LogP contribution is -2.38. The van der Waals surface area contributed by atoms with Gasteiger partial charge in [-0.1, -0.05) is 18.2 Å². The molecule has 15 heteroatoms. The van der Waals surface area contributed by atoms with Gasteiger partial charge in [0, 0.05) is 0 Å². The Bertz CT molecular complexity index is 1460. The molecule has 1 saturated heterocycles. The van der Waals surface area contributed by atoms with Crippen LogP contribution in [-0.4, -0.2) is 66.8 Å². The Morgan fingerprint density at radius 1 is 1.37 bits per heavy atom. The number of nitrogen functional groups attached to an aromatic ring is 1. The molecule has 14 nitrogen and oxygen atoms in total. The minimum absolute atomic E-state index is 0.0852. The standard InChI is InChI=1S/C23H25N6O8P/c1-3-34-20(31)13(2)28-38(33,36-14-7-5-4-6-8-14)37-21-22(11-24)23(21,32)18(30)17(35-22)15-9-10-16-19(25)26-12-27-29(15)16/h4-10,12-13,17-18,21,30,32H,3H2,1-2H3,(H,28,33)(H2,25,26,27)/t13-,17-,18-,21?,22+,23+,38?/m0/s1. The molecule has 0 bridgehead atoms. The van der Waals surface area contributed by atoms with Gasteiger partial charge in [0.1, 0.15) is 41.9 Å². The number of nitrogens with zero attached hydrogens (tertiary/aromatic N) is 4. The van der Waals surface area contributed by atoms with Crippen molar-refractivity contribution in [2.75, 3.05) is 12.3 Å². The Morgan fingerprint density at radius 3 is 2.76 bits per heavy atom. The van der Waals surface area contributed by atoms with Crippen LogP contribution in [0.5, 0.6) is 5.75 Å². The van der Waals surface area contributed by atoms with E-state index in [9.17, 15) is 24.8 Å². The zero-order chi connectivity index (χ0) is 27.3. The molecule has 200 valence electrons. The van der Waals surface area contributed by atoms with Crippen LogP contribution < -0.4 is 15.3 Å². The Labute approximate surface area is 216 Å². The van der Waals surface area contributed by atoms with Gasteiger partial charge < -0.3 is 29.9 Å². The third-order valence-corrected chi connectivity index (χ3v) is 8.15. The molecule has 2 aromatic heterocycles. The molecule has 1 saturated carbocycles. The Balaban J connectivity index is 1.43. The number of carbonyl (C=O) groups excluding carboxylic acids is 1. The second-order valence-electron chi connectivity index (χ2n) is 8.85. The van der Waals surface area contributed by atoms with Crippen LogP contribution in [0.1, 0.15) is 25.6 Å². The summed E-state index contributed by atoms with van der Waals surface area (Å²) < 4.78 is 37.3. The Hall–Kier alpha value is -3.57. The second-order valence-corrected chi connectivity index (χ2v) is 10.5. The maximum Gasteiger partial charge on any atom is 0.459 e. The van der Waals surface area contributed by atoms with Crippen LogP contribution in [0.2, 0.25) is 0 Å². The third kappa shape index (κ3) is 3.92. The highest BCUT2D eigenvalue weighted by Gasteiger charge is 2.90. The van der Waals surface area contributed by atoms with Crippen molar-refractivity contribution in [2.24, 2.45) is 0 Å². The number of aliphatic hydroxyl groups is 2. The van der Waals surface area contributed by atoms with Crippen LogP contribution >= 0.6 is 7.75 Å². The van der Waals surface area contributed by atoms with Gasteiger partial charge in [0.05, 0.1) is 12.3 Å². The number of aromatic nitrogens is 3. The molecule has 5 rings (SSSR count). The number of para-hydroxylation sites is 1. The quantitative estimate of drug-likeness (QED) is 0.218. The van der Waals surface area contributed by atoms with Crippen LogP contribution in [0, 0.1) is 11.3 Å². The van der Waals surface area contributed by atoms with Crippen LogP contribution in [0.3, 0.4) is 0 Å². The van der Waals surface area contributed by atoms with Gasteiger partial charge in [0.25, 0.3) is 0 Å². The summed E-state index contributed by atoms with van der Waals surface area (Å²) in [7, 11) is -4.47. The number of esters is 1. The highest BCUT2D eigenvalue weighted by atomic mass is 31.2. The first kappa shape index (κ1) is 26.1. The Morgan fingerprint density at radius 2 is 2.11 bits per heavy atom. The van der Waals surface area contributed by atoms with E-state index in [1.807, 2.05) is 6.07 Å². The lowest BCUT2D eigenvalue weighted by atomic mass is 10.0. The highest BCUT2D eigenvalue weighted by Crippen LogP contribution is 2.68. The summed E-state index contributed by atoms with van der Waals surface area (Å²) in [6.07, 6.45) is -3.30. The van der Waals surface area contributed by atoms with Gasteiger partial charge in [0.15, 0.2) is 17.5 Å². The zero-order valence-electron chi connectivity index (χ0n) is 20.3. The minimum atomic E-state index is -4.47. The lowest BCUT2D eigenvalue weighted by Gasteiger charge is -2.26. The average molecular weight is 544 g/mol. The normalized spacial score (nSPS) is 30.1. The van der Waals surface area contributed by atoms with Crippen molar-refractivity contribution in [3.05, 3.63) is 54.5 Å². The number of fused-ring (bicyclic) bond motifs is 2. The number of nitrogens with one attached hydrogen (secondary N) is 1. The van der Waals surface area contributed by atoms with E-state index in [1.54, 1.807) is 37.3 Å². The fraction of sp³-hybridized carbons (Fsp3) is 0.391. The number of carbonyl (C=O) groups is 1. The van der Waals surface area contributed by atoms with Crippen LogP contribution in [-0.2, 0) is 23.4 Å². The lowest BCUT2D eigenvalue weighted by molar-refractivity contribution is -0.144. The van der Waals surface area contributed by atoms with E-state index in [2.05, 4.69) is 15.2 Å². The molecule has 2 aliphatic rings. The molecule has 2 unspecified atom stereocenters. The molecule has 0 amide bonds. The van der Waals surface area contributed by atoms with Gasteiger partial charge >= 0.3 is 13.7 Å². The first-order valence-electron chi connectivity index (χ1n) is 11.7. The first-order valence-corrected chi connectivity index (χ1v) is 13.2. The molecule has 2 fully saturated rings. The van der Waals surface area contributed by atoms with Crippen molar-refractivity contribution < 1.29 is 38.1 Å². The molecule has 0 radical (unpaired) electrons. The van der Waals surface area contributed by atoms with Crippen molar-refractivity contribution in [2.45, 2.75) is 49.4 Å². The van der Waals surface area contributed by atoms with E-state index in [-0.39, 0.29) is 18.2 Å². The highest BCUT2D eigenvalue weighted by molar-refractivity contribution is 7.52. The maximum atomic E-state index is 13.9. The fourth-order valence-electron chi connectivity index (χ4n) is 4.58. The molecule has 1 aromatic carbocycles. The van der Waals surface area contributed by atoms with Gasteiger partial charge in [0.2, 0.25) is 5.60 Å². The SMILES string of the molecule is CCOC(=O)[C@H](C)NP(=O)(Oc1ccccc1)OC1[C@@]2(C#N)O[C@@H](c3ccc4c(N)ncnn34)[C@H](O)[C@@]12O. The van der Waals surface area contributed by atoms with E-state index in [1.165, 1.54) is 29.9 Å². The first-order chi connectivity index (χ1) is 18.1. The molecule has 1 aliphatic carbocycles. The predicted molar refractivity (Wildman–Crippen MR) is 129 cm³/mol. The van der Waals surface area contributed by atoms with E-state index in [0.29, 0.717) is 11.2 Å². The summed E-state index contributed by atoms with van der Waals surface area (Å²) >= 11 is 0. The van der Waals surface area contributed by atoms with Crippen LogP contribution in [0.25, 0.3) is 5.52 Å². The summed E-state index contributed by atoms with van der Waals surface area (Å²) in [5.41, 5.74) is 2.20. The second kappa shape index (κ2) is 9.32. The number of aliphatic hydroxyl groups excluding tert-OH is 1. The Kier molecular flexibility index (Phi) is 6.39. The number of anilines is 1. The topological polar surface area (TPSA) is 204 Å². The third-order valence-electron chi connectivity index (χ3n) is 6.50. The van der Waals surface area contributed by atoms with Crippen molar-refractivity contribution >= 4 is 25.1 Å². The van der Waals surface area contributed by atoms with Crippen molar-refractivity contribution in [3.8, 4) is 11.8 Å². The molecular weight excluding hydrogens is 519 g/mol. The van der Waals surface area contributed by atoms with Crippen molar-refractivity contribution in [1.29, 1.82) is 5.26 Å². The molecule has 3 aromatic rings. The van der Waals surface area contributed by atoms with Gasteiger partial charge in [-0.2, -0.15) is 15.4 Å². The molecule has 1 aliphatic heterocycles. The minimum Gasteiger partial charge on any atom is -0.465 e. The summed E-state index contributed by atoms with van der Waals surface area (Å²) in [5.74, 6) is -0.422. The number of hydrogen-bond donors (Lipinski definition) is 4. The molecular formula is C23H25N6O8P. The number of benzene rings is 1.